The highest BCUT2D eigenvalue weighted by Gasteiger charge is 2.31. The molecule has 1 fully saturated rings. The van der Waals surface area contributed by atoms with Gasteiger partial charge in [-0.3, -0.25) is 0 Å². The van der Waals surface area contributed by atoms with E-state index in [4.69, 9.17) is 0 Å². The summed E-state index contributed by atoms with van der Waals surface area (Å²) < 4.78 is 23.3. The number of aryl methyl sites for hydroxylation is 1. The van der Waals surface area contributed by atoms with Crippen LogP contribution >= 0.6 is 0 Å². The second-order valence-corrected chi connectivity index (χ2v) is 8.41. The van der Waals surface area contributed by atoms with E-state index in [9.17, 15) is 8.42 Å². The molecular formula is C16H21N5O2S. The predicted octanol–water partition coefficient (Wildman–Crippen LogP) is 1.86. The second-order valence-electron chi connectivity index (χ2n) is 6.18. The van der Waals surface area contributed by atoms with Crippen molar-refractivity contribution >= 4 is 27.3 Å². The average molecular weight is 347 g/mol. The minimum absolute atomic E-state index is 0.0692. The summed E-state index contributed by atoms with van der Waals surface area (Å²) in [7, 11) is -1.09. The molecule has 1 aliphatic heterocycles. The molecule has 128 valence electrons. The quantitative estimate of drug-likeness (QED) is 0.903. The van der Waals surface area contributed by atoms with Crippen molar-refractivity contribution in [1.29, 1.82) is 0 Å². The lowest BCUT2D eigenvalue weighted by Gasteiger charge is -2.24. The van der Waals surface area contributed by atoms with Crippen molar-refractivity contribution in [3.8, 4) is 0 Å². The van der Waals surface area contributed by atoms with E-state index >= 15 is 0 Å². The van der Waals surface area contributed by atoms with Crippen molar-refractivity contribution in [2.24, 2.45) is 0 Å². The number of nitrogens with zero attached hydrogens (tertiary/aromatic N) is 4. The second kappa shape index (κ2) is 6.35. The van der Waals surface area contributed by atoms with Gasteiger partial charge in [-0.1, -0.05) is 12.1 Å². The third kappa shape index (κ3) is 3.48. The maximum atomic E-state index is 11.7. The molecule has 3 rings (SSSR count). The lowest BCUT2D eigenvalue weighted by atomic mass is 10.1. The van der Waals surface area contributed by atoms with Gasteiger partial charge < -0.3 is 10.2 Å². The molecule has 2 heterocycles. The zero-order valence-electron chi connectivity index (χ0n) is 14.0. The largest absolute Gasteiger partial charge is 0.354 e. The minimum atomic E-state index is -2.94. The van der Waals surface area contributed by atoms with Crippen LogP contribution in [0.5, 0.6) is 0 Å². The molecule has 8 heteroatoms. The number of benzene rings is 1. The van der Waals surface area contributed by atoms with E-state index < -0.39 is 9.84 Å². The highest BCUT2D eigenvalue weighted by atomic mass is 32.2. The van der Waals surface area contributed by atoms with Crippen molar-refractivity contribution in [2.45, 2.75) is 26.3 Å². The molecule has 1 aromatic heterocycles. The van der Waals surface area contributed by atoms with Gasteiger partial charge in [0.2, 0.25) is 5.95 Å². The maximum Gasteiger partial charge on any atom is 0.249 e. The molecular weight excluding hydrogens is 326 g/mol. The van der Waals surface area contributed by atoms with Gasteiger partial charge in [0, 0.05) is 18.8 Å². The van der Waals surface area contributed by atoms with Gasteiger partial charge in [0.05, 0.1) is 17.7 Å². The van der Waals surface area contributed by atoms with E-state index in [0.717, 1.165) is 11.3 Å². The van der Waals surface area contributed by atoms with Gasteiger partial charge in [-0.25, -0.2) is 8.42 Å². The number of aromatic nitrogens is 3. The molecule has 1 aliphatic rings. The van der Waals surface area contributed by atoms with E-state index in [-0.39, 0.29) is 17.5 Å². The molecule has 1 unspecified atom stereocenters. The van der Waals surface area contributed by atoms with Crippen LogP contribution in [0.2, 0.25) is 0 Å². The normalized spacial score (nSPS) is 19.2. The molecule has 0 radical (unpaired) electrons. The summed E-state index contributed by atoms with van der Waals surface area (Å²) in [4.78, 5) is 6.35. The molecule has 0 amide bonds. The van der Waals surface area contributed by atoms with Gasteiger partial charge in [0.15, 0.2) is 15.7 Å². The maximum absolute atomic E-state index is 11.7. The minimum Gasteiger partial charge on any atom is -0.354 e. The highest BCUT2D eigenvalue weighted by Crippen LogP contribution is 2.24. The molecule has 2 aromatic rings. The monoisotopic (exact) mass is 347 g/mol. The van der Waals surface area contributed by atoms with E-state index in [0.29, 0.717) is 18.2 Å². The van der Waals surface area contributed by atoms with E-state index in [1.807, 2.05) is 44.0 Å². The fraction of sp³-hybridized carbons (Fsp3) is 0.438. The van der Waals surface area contributed by atoms with Crippen LogP contribution in [-0.2, 0) is 9.84 Å². The first-order valence-electron chi connectivity index (χ1n) is 7.82. The molecule has 24 heavy (non-hydrogen) atoms. The van der Waals surface area contributed by atoms with Crippen LogP contribution < -0.4 is 10.2 Å². The number of rotatable bonds is 4. The highest BCUT2D eigenvalue weighted by molar-refractivity contribution is 7.91. The number of anilines is 3. The zero-order chi connectivity index (χ0) is 17.3. The summed E-state index contributed by atoms with van der Waals surface area (Å²) in [6.45, 7) is 4.08. The first-order chi connectivity index (χ1) is 11.4. The Labute approximate surface area is 142 Å². The first-order valence-corrected chi connectivity index (χ1v) is 9.64. The van der Waals surface area contributed by atoms with Crippen molar-refractivity contribution in [2.75, 3.05) is 28.8 Å². The number of hydrogen-bond acceptors (Lipinski definition) is 7. The van der Waals surface area contributed by atoms with E-state index in [1.165, 1.54) is 5.56 Å². The summed E-state index contributed by atoms with van der Waals surface area (Å²) >= 11 is 0. The fourth-order valence-electron chi connectivity index (χ4n) is 2.79. The average Bonchev–Trinajstić information content (AvgIpc) is 2.91. The molecule has 0 spiro atoms. The number of sulfone groups is 1. The van der Waals surface area contributed by atoms with Crippen molar-refractivity contribution in [3.05, 3.63) is 35.5 Å². The van der Waals surface area contributed by atoms with Gasteiger partial charge in [0.1, 0.15) is 0 Å². The van der Waals surface area contributed by atoms with Gasteiger partial charge in [-0.05, 0) is 37.5 Å². The van der Waals surface area contributed by atoms with Crippen molar-refractivity contribution < 1.29 is 8.42 Å². The van der Waals surface area contributed by atoms with Crippen LogP contribution in [0.4, 0.5) is 17.5 Å². The Morgan fingerprint density at radius 1 is 1.29 bits per heavy atom. The molecule has 7 nitrogen and oxygen atoms in total. The van der Waals surface area contributed by atoms with Gasteiger partial charge in [-0.15, -0.1) is 5.10 Å². The molecule has 0 bridgehead atoms. The van der Waals surface area contributed by atoms with Crippen LogP contribution in [0.15, 0.2) is 24.4 Å². The summed E-state index contributed by atoms with van der Waals surface area (Å²) in [6, 6.07) is 5.91. The van der Waals surface area contributed by atoms with Gasteiger partial charge in [0.25, 0.3) is 0 Å². The Morgan fingerprint density at radius 3 is 2.79 bits per heavy atom. The van der Waals surface area contributed by atoms with Gasteiger partial charge >= 0.3 is 0 Å². The Kier molecular flexibility index (Phi) is 4.40. The zero-order valence-corrected chi connectivity index (χ0v) is 14.8. The summed E-state index contributed by atoms with van der Waals surface area (Å²) in [6.07, 6.45) is 2.17. The third-order valence-electron chi connectivity index (χ3n) is 4.51. The van der Waals surface area contributed by atoms with Gasteiger partial charge in [-0.2, -0.15) is 10.1 Å². The number of hydrogen-bond donors (Lipinski definition) is 1. The van der Waals surface area contributed by atoms with E-state index in [1.54, 1.807) is 6.20 Å². The lowest BCUT2D eigenvalue weighted by Crippen LogP contribution is -2.33. The van der Waals surface area contributed by atoms with E-state index in [2.05, 4.69) is 20.5 Å². The molecule has 1 atom stereocenters. The van der Waals surface area contributed by atoms with Crippen LogP contribution in [0.3, 0.4) is 0 Å². The summed E-state index contributed by atoms with van der Waals surface area (Å²) in [5.41, 5.74) is 3.24. The Balaban J connectivity index is 1.80. The van der Waals surface area contributed by atoms with Crippen molar-refractivity contribution in [3.63, 3.8) is 0 Å². The first kappa shape index (κ1) is 16.6. The molecule has 0 aliphatic carbocycles. The topological polar surface area (TPSA) is 88.1 Å². The SMILES string of the molecule is Cc1cccc(Nc2nncc(N(C)C3CCS(=O)(=O)C3)n2)c1C. The molecule has 1 saturated heterocycles. The molecule has 0 saturated carbocycles. The van der Waals surface area contributed by atoms with Crippen molar-refractivity contribution in [1.82, 2.24) is 15.2 Å². The Morgan fingerprint density at radius 2 is 2.08 bits per heavy atom. The van der Waals surface area contributed by atoms with Crippen LogP contribution in [-0.4, -0.2) is 48.2 Å². The van der Waals surface area contributed by atoms with Crippen LogP contribution in [0.1, 0.15) is 17.5 Å². The summed E-state index contributed by atoms with van der Waals surface area (Å²) in [5, 5.41) is 11.2. The van der Waals surface area contributed by atoms with Crippen LogP contribution in [0.25, 0.3) is 0 Å². The summed E-state index contributed by atoms with van der Waals surface area (Å²) in [5.74, 6) is 1.40. The lowest BCUT2D eigenvalue weighted by molar-refractivity contribution is 0.600. The van der Waals surface area contributed by atoms with Crippen LogP contribution in [0, 0.1) is 13.8 Å². The number of nitrogens with one attached hydrogen (secondary N) is 1. The third-order valence-corrected chi connectivity index (χ3v) is 6.27. The Bertz CT molecular complexity index is 853. The smallest absolute Gasteiger partial charge is 0.249 e. The Hall–Kier alpha value is -2.22. The molecule has 1 N–H and O–H groups in total. The molecule has 1 aromatic carbocycles. The predicted molar refractivity (Wildman–Crippen MR) is 94.5 cm³/mol. The standard InChI is InChI=1S/C16H21N5O2S/c1-11-5-4-6-14(12(11)2)18-16-19-15(9-17-20-16)21(3)13-7-8-24(22,23)10-13/h4-6,9,13H,7-8,10H2,1-3H3,(H,18,19,20). The fourth-order valence-corrected chi connectivity index (χ4v) is 4.57.